The summed E-state index contributed by atoms with van der Waals surface area (Å²) in [7, 11) is 0. The number of rotatable bonds is 2. The molecule has 0 saturated carbocycles. The molecule has 0 unspecified atom stereocenters. The summed E-state index contributed by atoms with van der Waals surface area (Å²) in [6.07, 6.45) is 0.318. The molecule has 0 amide bonds. The van der Waals surface area contributed by atoms with Crippen LogP contribution in [0.4, 0.5) is 0 Å². The molecule has 0 spiro atoms. The molecule has 0 aromatic heterocycles. The minimum atomic E-state index is -0.389. The van der Waals surface area contributed by atoms with Crippen LogP contribution in [0.1, 0.15) is 13.3 Å². The standard InChI is InChI=1S/C6H11NO3/c1-2-9-6(8)5-3-4-7-10-5/h5,7H,2-4H2,1H3/t5-/m1/s1. The quantitative estimate of drug-likeness (QED) is 0.548. The first-order valence-corrected chi connectivity index (χ1v) is 3.39. The summed E-state index contributed by atoms with van der Waals surface area (Å²) >= 11 is 0. The maximum absolute atomic E-state index is 10.9. The van der Waals surface area contributed by atoms with E-state index < -0.39 is 0 Å². The molecule has 0 radical (unpaired) electrons. The van der Waals surface area contributed by atoms with Crippen LogP contribution in [-0.2, 0) is 14.4 Å². The zero-order valence-electron chi connectivity index (χ0n) is 5.92. The van der Waals surface area contributed by atoms with Crippen molar-refractivity contribution in [3.63, 3.8) is 0 Å². The van der Waals surface area contributed by atoms with Gasteiger partial charge in [-0.1, -0.05) is 0 Å². The van der Waals surface area contributed by atoms with E-state index in [0.29, 0.717) is 13.0 Å². The average molecular weight is 145 g/mol. The van der Waals surface area contributed by atoms with Crippen LogP contribution in [0.3, 0.4) is 0 Å². The van der Waals surface area contributed by atoms with Gasteiger partial charge in [0, 0.05) is 13.0 Å². The first-order chi connectivity index (χ1) is 4.84. The van der Waals surface area contributed by atoms with E-state index in [1.165, 1.54) is 0 Å². The largest absolute Gasteiger partial charge is 0.464 e. The molecule has 1 rings (SSSR count). The van der Waals surface area contributed by atoms with Gasteiger partial charge in [-0.25, -0.2) is 10.3 Å². The van der Waals surface area contributed by atoms with E-state index in [0.717, 1.165) is 6.54 Å². The Morgan fingerprint density at radius 3 is 3.20 bits per heavy atom. The van der Waals surface area contributed by atoms with Crippen LogP contribution >= 0.6 is 0 Å². The molecule has 1 fully saturated rings. The van der Waals surface area contributed by atoms with E-state index >= 15 is 0 Å². The van der Waals surface area contributed by atoms with Crippen LogP contribution in [0, 0.1) is 0 Å². The Labute approximate surface area is 59.5 Å². The highest BCUT2D eigenvalue weighted by atomic mass is 16.7. The third kappa shape index (κ3) is 1.68. The fourth-order valence-corrected chi connectivity index (χ4v) is 0.810. The first kappa shape index (κ1) is 7.50. The average Bonchev–Trinajstić information content (AvgIpc) is 2.38. The second-order valence-corrected chi connectivity index (χ2v) is 2.04. The molecule has 4 nitrogen and oxygen atoms in total. The third-order valence-corrected chi connectivity index (χ3v) is 1.28. The predicted octanol–water partition coefficient (Wildman–Crippen LogP) is -0.157. The summed E-state index contributed by atoms with van der Waals surface area (Å²) in [5, 5.41) is 0. The molecule has 0 aromatic carbocycles. The number of hydrogen-bond acceptors (Lipinski definition) is 4. The van der Waals surface area contributed by atoms with E-state index in [1.807, 2.05) is 0 Å². The Morgan fingerprint density at radius 2 is 2.70 bits per heavy atom. The Bertz CT molecular complexity index is 120. The highest BCUT2D eigenvalue weighted by molar-refractivity contribution is 5.74. The zero-order valence-corrected chi connectivity index (χ0v) is 5.92. The van der Waals surface area contributed by atoms with Crippen LogP contribution in [0.5, 0.6) is 0 Å². The topological polar surface area (TPSA) is 47.6 Å². The van der Waals surface area contributed by atoms with Crippen LogP contribution in [0.2, 0.25) is 0 Å². The van der Waals surface area contributed by atoms with Crippen molar-refractivity contribution in [1.82, 2.24) is 5.48 Å². The molecular weight excluding hydrogens is 134 g/mol. The number of carbonyl (C=O) groups excluding carboxylic acids is 1. The molecule has 1 aliphatic heterocycles. The van der Waals surface area contributed by atoms with Crippen molar-refractivity contribution in [3.8, 4) is 0 Å². The molecule has 1 N–H and O–H groups in total. The van der Waals surface area contributed by atoms with Gasteiger partial charge in [0.2, 0.25) is 0 Å². The summed E-state index contributed by atoms with van der Waals surface area (Å²) in [6, 6.07) is 0. The summed E-state index contributed by atoms with van der Waals surface area (Å²) in [4.78, 5) is 15.7. The van der Waals surface area contributed by atoms with Crippen molar-refractivity contribution in [3.05, 3.63) is 0 Å². The van der Waals surface area contributed by atoms with Crippen molar-refractivity contribution in [2.24, 2.45) is 0 Å². The number of ether oxygens (including phenoxy) is 1. The van der Waals surface area contributed by atoms with Crippen molar-refractivity contribution in [2.45, 2.75) is 19.4 Å². The first-order valence-electron chi connectivity index (χ1n) is 3.39. The van der Waals surface area contributed by atoms with E-state index in [9.17, 15) is 4.79 Å². The van der Waals surface area contributed by atoms with Crippen LogP contribution < -0.4 is 5.48 Å². The second kappa shape index (κ2) is 3.53. The fraction of sp³-hybridized carbons (Fsp3) is 0.833. The molecule has 1 heterocycles. The Kier molecular flexibility index (Phi) is 2.65. The maximum Gasteiger partial charge on any atom is 0.337 e. The van der Waals surface area contributed by atoms with Gasteiger partial charge >= 0.3 is 5.97 Å². The summed E-state index contributed by atoms with van der Waals surface area (Å²) in [5.74, 6) is -0.271. The second-order valence-electron chi connectivity index (χ2n) is 2.04. The van der Waals surface area contributed by atoms with Gasteiger partial charge in [-0.3, -0.25) is 4.84 Å². The fourth-order valence-electron chi connectivity index (χ4n) is 0.810. The molecule has 1 aliphatic rings. The Balaban J connectivity index is 2.25. The lowest BCUT2D eigenvalue weighted by Crippen LogP contribution is -2.23. The molecule has 0 aromatic rings. The van der Waals surface area contributed by atoms with Gasteiger partial charge in [-0.15, -0.1) is 0 Å². The molecule has 4 heteroatoms. The summed E-state index contributed by atoms with van der Waals surface area (Å²) in [5.41, 5.74) is 2.61. The SMILES string of the molecule is CCOC(=O)[C@H]1CCNO1. The van der Waals surface area contributed by atoms with E-state index in [2.05, 4.69) is 5.48 Å². The smallest absolute Gasteiger partial charge is 0.337 e. The van der Waals surface area contributed by atoms with Gasteiger partial charge in [-0.2, -0.15) is 0 Å². The van der Waals surface area contributed by atoms with Gasteiger partial charge in [0.05, 0.1) is 6.61 Å². The maximum atomic E-state index is 10.9. The molecule has 1 saturated heterocycles. The van der Waals surface area contributed by atoms with E-state index in [-0.39, 0.29) is 12.1 Å². The number of hydrogen-bond donors (Lipinski definition) is 1. The Hall–Kier alpha value is -0.610. The van der Waals surface area contributed by atoms with Crippen LogP contribution in [-0.4, -0.2) is 25.2 Å². The van der Waals surface area contributed by atoms with Gasteiger partial charge in [0.1, 0.15) is 0 Å². The normalized spacial score (nSPS) is 24.7. The summed E-state index contributed by atoms with van der Waals surface area (Å²) < 4.78 is 4.72. The lowest BCUT2D eigenvalue weighted by Gasteiger charge is -2.05. The number of hydroxylamine groups is 1. The van der Waals surface area contributed by atoms with Crippen molar-refractivity contribution in [1.29, 1.82) is 0 Å². The number of nitrogens with one attached hydrogen (secondary N) is 1. The molecule has 58 valence electrons. The Morgan fingerprint density at radius 1 is 1.90 bits per heavy atom. The number of esters is 1. The third-order valence-electron chi connectivity index (χ3n) is 1.28. The lowest BCUT2D eigenvalue weighted by molar-refractivity contribution is -0.156. The van der Waals surface area contributed by atoms with Gasteiger partial charge in [-0.05, 0) is 6.92 Å². The van der Waals surface area contributed by atoms with Gasteiger partial charge in [0.15, 0.2) is 6.10 Å². The van der Waals surface area contributed by atoms with Gasteiger partial charge in [0.25, 0.3) is 0 Å². The summed E-state index contributed by atoms with van der Waals surface area (Å²) in [6.45, 7) is 2.92. The monoisotopic (exact) mass is 145 g/mol. The lowest BCUT2D eigenvalue weighted by atomic mass is 10.3. The van der Waals surface area contributed by atoms with E-state index in [4.69, 9.17) is 9.57 Å². The highest BCUT2D eigenvalue weighted by Crippen LogP contribution is 2.04. The van der Waals surface area contributed by atoms with Gasteiger partial charge < -0.3 is 4.74 Å². The minimum absolute atomic E-state index is 0.271. The molecule has 10 heavy (non-hydrogen) atoms. The predicted molar refractivity (Wildman–Crippen MR) is 34.1 cm³/mol. The molecule has 0 bridgehead atoms. The van der Waals surface area contributed by atoms with Crippen molar-refractivity contribution in [2.75, 3.05) is 13.2 Å². The van der Waals surface area contributed by atoms with E-state index in [1.54, 1.807) is 6.92 Å². The van der Waals surface area contributed by atoms with Crippen molar-refractivity contribution < 1.29 is 14.4 Å². The zero-order chi connectivity index (χ0) is 7.40. The van der Waals surface area contributed by atoms with Crippen LogP contribution in [0.25, 0.3) is 0 Å². The van der Waals surface area contributed by atoms with Crippen molar-refractivity contribution >= 4 is 5.97 Å². The molecule has 1 atom stereocenters. The highest BCUT2D eigenvalue weighted by Gasteiger charge is 2.24. The minimum Gasteiger partial charge on any atom is -0.464 e. The van der Waals surface area contributed by atoms with Crippen LogP contribution in [0.15, 0.2) is 0 Å². The molecule has 0 aliphatic carbocycles. The molecular formula is C6H11NO3. The number of carbonyl (C=O) groups is 1.